The third-order valence-electron chi connectivity index (χ3n) is 2.72. The summed E-state index contributed by atoms with van der Waals surface area (Å²) in [4.78, 5) is 21.5. The first kappa shape index (κ1) is 11.5. The van der Waals surface area contributed by atoms with E-state index in [2.05, 4.69) is 0 Å². The van der Waals surface area contributed by atoms with Crippen LogP contribution >= 0.6 is 0 Å². The molecule has 0 radical (unpaired) electrons. The van der Waals surface area contributed by atoms with Crippen LogP contribution in [-0.2, 0) is 4.74 Å². The van der Waals surface area contributed by atoms with Gasteiger partial charge in [0.2, 0.25) is 0 Å². The number of hydrogen-bond acceptors (Lipinski definition) is 5. The first-order chi connectivity index (χ1) is 8.06. The average molecular weight is 236 g/mol. The fraction of sp³-hybridized carbons (Fsp3) is 0.364. The smallest absolute Gasteiger partial charge is 0.338 e. The maximum Gasteiger partial charge on any atom is 0.338 e. The van der Waals surface area contributed by atoms with Crippen molar-refractivity contribution in [1.29, 1.82) is 0 Å². The third kappa shape index (κ3) is 2.59. The first-order valence-electron chi connectivity index (χ1n) is 5.27. The van der Waals surface area contributed by atoms with Crippen molar-refractivity contribution in [2.24, 2.45) is 5.73 Å². The van der Waals surface area contributed by atoms with Crippen molar-refractivity contribution in [2.45, 2.75) is 25.0 Å². The maximum atomic E-state index is 11.6. The van der Waals surface area contributed by atoms with E-state index >= 15 is 0 Å². The zero-order chi connectivity index (χ0) is 12.4. The summed E-state index contributed by atoms with van der Waals surface area (Å²) in [5.41, 5.74) is 5.84. The molecule has 0 aromatic heterocycles. The highest BCUT2D eigenvalue weighted by atomic mass is 16.6. The number of non-ortho nitro benzene ring substituents is 1. The Balaban J connectivity index is 1.97. The molecule has 0 bridgehead atoms. The predicted octanol–water partition coefficient (Wildman–Crippen LogP) is 1.24. The van der Waals surface area contributed by atoms with Crippen LogP contribution in [0.15, 0.2) is 24.3 Å². The molecule has 17 heavy (non-hydrogen) atoms. The molecule has 2 N–H and O–H groups in total. The molecule has 1 saturated carbocycles. The Morgan fingerprint density at radius 1 is 1.35 bits per heavy atom. The minimum absolute atomic E-state index is 0.0489. The summed E-state index contributed by atoms with van der Waals surface area (Å²) in [5.74, 6) is -0.461. The van der Waals surface area contributed by atoms with Gasteiger partial charge in [-0.1, -0.05) is 0 Å². The lowest BCUT2D eigenvalue weighted by molar-refractivity contribution is -0.384. The molecule has 1 fully saturated rings. The SMILES string of the molecule is NC1CC(OC(=O)c2ccc([N+](=O)[O-])cc2)C1. The molecule has 1 aliphatic carbocycles. The lowest BCUT2D eigenvalue weighted by Gasteiger charge is -2.31. The molecule has 0 amide bonds. The minimum Gasteiger partial charge on any atom is -0.459 e. The Bertz CT molecular complexity index is 437. The Hall–Kier alpha value is -1.95. The molecule has 0 spiro atoms. The van der Waals surface area contributed by atoms with Gasteiger partial charge in [-0.2, -0.15) is 0 Å². The highest BCUT2D eigenvalue weighted by molar-refractivity contribution is 5.89. The van der Waals surface area contributed by atoms with E-state index in [-0.39, 0.29) is 17.8 Å². The summed E-state index contributed by atoms with van der Waals surface area (Å²) in [6.07, 6.45) is 1.24. The van der Waals surface area contributed by atoms with Crippen molar-refractivity contribution in [1.82, 2.24) is 0 Å². The fourth-order valence-corrected chi connectivity index (χ4v) is 1.64. The first-order valence-corrected chi connectivity index (χ1v) is 5.27. The van der Waals surface area contributed by atoms with Gasteiger partial charge in [-0.05, 0) is 25.0 Å². The summed E-state index contributed by atoms with van der Waals surface area (Å²) in [5, 5.41) is 10.4. The van der Waals surface area contributed by atoms with Crippen LogP contribution < -0.4 is 5.73 Å². The molecule has 1 aromatic rings. The van der Waals surface area contributed by atoms with Crippen molar-refractivity contribution in [3.63, 3.8) is 0 Å². The number of hydrogen-bond donors (Lipinski definition) is 1. The van der Waals surface area contributed by atoms with Crippen LogP contribution in [0.2, 0.25) is 0 Å². The minimum atomic E-state index is -0.514. The monoisotopic (exact) mass is 236 g/mol. The molecule has 0 atom stereocenters. The van der Waals surface area contributed by atoms with Gasteiger partial charge in [-0.3, -0.25) is 10.1 Å². The summed E-state index contributed by atoms with van der Waals surface area (Å²) >= 11 is 0. The number of carbonyl (C=O) groups is 1. The topological polar surface area (TPSA) is 95.5 Å². The van der Waals surface area contributed by atoms with E-state index in [1.165, 1.54) is 24.3 Å². The second-order valence-corrected chi connectivity index (χ2v) is 4.06. The van der Waals surface area contributed by atoms with Crippen LogP contribution in [0, 0.1) is 10.1 Å². The number of benzene rings is 1. The van der Waals surface area contributed by atoms with E-state index in [1.54, 1.807) is 0 Å². The van der Waals surface area contributed by atoms with Crippen LogP contribution in [0.1, 0.15) is 23.2 Å². The largest absolute Gasteiger partial charge is 0.459 e. The van der Waals surface area contributed by atoms with Crippen molar-refractivity contribution >= 4 is 11.7 Å². The molecule has 1 aliphatic rings. The quantitative estimate of drug-likeness (QED) is 0.484. The zero-order valence-corrected chi connectivity index (χ0v) is 9.04. The highest BCUT2D eigenvalue weighted by Gasteiger charge is 2.29. The van der Waals surface area contributed by atoms with Crippen LogP contribution in [0.25, 0.3) is 0 Å². The van der Waals surface area contributed by atoms with E-state index in [0.717, 1.165) is 0 Å². The Kier molecular flexibility index (Phi) is 3.06. The van der Waals surface area contributed by atoms with Gasteiger partial charge in [0.15, 0.2) is 0 Å². The van der Waals surface area contributed by atoms with Gasteiger partial charge in [-0.25, -0.2) is 4.79 Å². The van der Waals surface area contributed by atoms with Crippen LogP contribution in [0.5, 0.6) is 0 Å². The van der Waals surface area contributed by atoms with Crippen LogP contribution in [0.3, 0.4) is 0 Å². The number of nitrogens with zero attached hydrogens (tertiary/aromatic N) is 1. The number of carbonyl (C=O) groups excluding carboxylic acids is 1. The molecule has 1 aromatic carbocycles. The van der Waals surface area contributed by atoms with Gasteiger partial charge in [0.1, 0.15) is 6.10 Å². The van der Waals surface area contributed by atoms with E-state index in [0.29, 0.717) is 18.4 Å². The average Bonchev–Trinajstić information content (AvgIpc) is 2.27. The molecule has 0 aliphatic heterocycles. The number of rotatable bonds is 3. The third-order valence-corrected chi connectivity index (χ3v) is 2.72. The van der Waals surface area contributed by atoms with Gasteiger partial charge in [-0.15, -0.1) is 0 Å². The molecular weight excluding hydrogens is 224 g/mol. The fourth-order valence-electron chi connectivity index (χ4n) is 1.64. The number of nitro benzene ring substituents is 1. The Labute approximate surface area is 97.5 Å². The lowest BCUT2D eigenvalue weighted by atomic mass is 9.90. The molecular formula is C11H12N2O4. The summed E-state index contributed by atoms with van der Waals surface area (Å²) in [6, 6.07) is 5.45. The number of ether oxygens (including phenoxy) is 1. The standard InChI is InChI=1S/C11H12N2O4/c12-8-5-10(6-8)17-11(14)7-1-3-9(4-2-7)13(15)16/h1-4,8,10H,5-6,12H2. The number of nitrogens with two attached hydrogens (primary N) is 1. The molecule has 0 heterocycles. The second-order valence-electron chi connectivity index (χ2n) is 4.06. The van der Waals surface area contributed by atoms with Gasteiger partial charge in [0.25, 0.3) is 5.69 Å². The van der Waals surface area contributed by atoms with Crippen molar-refractivity contribution < 1.29 is 14.5 Å². The molecule has 2 rings (SSSR count). The highest BCUT2D eigenvalue weighted by Crippen LogP contribution is 2.23. The van der Waals surface area contributed by atoms with E-state index < -0.39 is 10.9 Å². The van der Waals surface area contributed by atoms with Crippen LogP contribution in [0.4, 0.5) is 5.69 Å². The van der Waals surface area contributed by atoms with E-state index in [1.807, 2.05) is 0 Å². The van der Waals surface area contributed by atoms with Gasteiger partial charge in [0, 0.05) is 18.2 Å². The van der Waals surface area contributed by atoms with E-state index in [4.69, 9.17) is 10.5 Å². The number of nitro groups is 1. The summed E-state index contributed by atoms with van der Waals surface area (Å²) in [7, 11) is 0. The van der Waals surface area contributed by atoms with Crippen molar-refractivity contribution in [2.75, 3.05) is 0 Å². The number of esters is 1. The van der Waals surface area contributed by atoms with Crippen molar-refractivity contribution in [3.8, 4) is 0 Å². The normalized spacial score (nSPS) is 22.6. The van der Waals surface area contributed by atoms with Gasteiger partial charge < -0.3 is 10.5 Å². The molecule has 90 valence electrons. The molecule has 6 nitrogen and oxygen atoms in total. The predicted molar refractivity (Wildman–Crippen MR) is 59.5 cm³/mol. The Morgan fingerprint density at radius 2 is 1.94 bits per heavy atom. The second kappa shape index (κ2) is 4.50. The molecule has 6 heteroatoms. The van der Waals surface area contributed by atoms with Gasteiger partial charge >= 0.3 is 5.97 Å². The maximum absolute atomic E-state index is 11.6. The van der Waals surface area contributed by atoms with Crippen LogP contribution in [-0.4, -0.2) is 23.0 Å². The molecule has 0 saturated heterocycles. The van der Waals surface area contributed by atoms with Gasteiger partial charge in [0.05, 0.1) is 10.5 Å². The Morgan fingerprint density at radius 3 is 2.41 bits per heavy atom. The molecule has 0 unspecified atom stereocenters. The summed E-state index contributed by atoms with van der Waals surface area (Å²) in [6.45, 7) is 0. The lowest BCUT2D eigenvalue weighted by Crippen LogP contribution is -2.42. The van der Waals surface area contributed by atoms with Crippen molar-refractivity contribution in [3.05, 3.63) is 39.9 Å². The zero-order valence-electron chi connectivity index (χ0n) is 9.04. The summed E-state index contributed by atoms with van der Waals surface area (Å²) < 4.78 is 5.15. The van der Waals surface area contributed by atoms with E-state index in [9.17, 15) is 14.9 Å².